The molecular weight excluding hydrogens is 379 g/mol. The van der Waals surface area contributed by atoms with E-state index in [9.17, 15) is 9.59 Å². The molecule has 112 valence electrons. The second-order valence-electron chi connectivity index (χ2n) is 5.27. The summed E-state index contributed by atoms with van der Waals surface area (Å²) >= 11 is 2.00. The Labute approximate surface area is 137 Å². The van der Waals surface area contributed by atoms with Crippen molar-refractivity contribution in [1.82, 2.24) is 9.13 Å². The van der Waals surface area contributed by atoms with Gasteiger partial charge in [-0.25, -0.2) is 4.79 Å². The lowest BCUT2D eigenvalue weighted by Gasteiger charge is -2.12. The predicted octanol–water partition coefficient (Wildman–Crippen LogP) is 2.69. The maximum absolute atomic E-state index is 12.5. The molecule has 0 spiro atoms. The minimum atomic E-state index is -0.233. The Morgan fingerprint density at radius 3 is 2.57 bits per heavy atom. The van der Waals surface area contributed by atoms with Crippen molar-refractivity contribution in [3.63, 3.8) is 0 Å². The lowest BCUT2D eigenvalue weighted by molar-refractivity contribution is 0.566. The molecule has 1 aromatic heterocycles. The smallest absolute Gasteiger partial charge is 0.299 e. The highest BCUT2D eigenvalue weighted by atomic mass is 127. The Bertz CT molecular complexity index is 775. The molecule has 1 aromatic carbocycles. The van der Waals surface area contributed by atoms with Crippen molar-refractivity contribution in [3.8, 4) is 0 Å². The fraction of sp³-hybridized carbons (Fsp3) is 0.375. The first kappa shape index (κ1) is 16.0. The molecule has 0 atom stereocenters. The Morgan fingerprint density at radius 2 is 1.90 bits per heavy atom. The molecular formula is C16H19IN2O2. The van der Waals surface area contributed by atoms with E-state index < -0.39 is 0 Å². The van der Waals surface area contributed by atoms with Gasteiger partial charge in [0.1, 0.15) is 0 Å². The van der Waals surface area contributed by atoms with Crippen molar-refractivity contribution in [2.24, 2.45) is 0 Å². The SMILES string of the molecule is CCCn1cc(I)c(=O)n(Cc2cc(C)ccc2C)c1=O. The minimum Gasteiger partial charge on any atom is -0.299 e. The lowest BCUT2D eigenvalue weighted by atomic mass is 10.1. The molecule has 2 aromatic rings. The van der Waals surface area contributed by atoms with Gasteiger partial charge in [0, 0.05) is 12.7 Å². The molecule has 5 heteroatoms. The standard InChI is InChI=1S/C16H19IN2O2/c1-4-7-18-10-14(17)15(20)19(16(18)21)9-13-8-11(2)5-6-12(13)3/h5-6,8,10H,4,7,9H2,1-3H3. The monoisotopic (exact) mass is 398 g/mol. The van der Waals surface area contributed by atoms with Gasteiger partial charge in [-0.05, 0) is 54.0 Å². The van der Waals surface area contributed by atoms with Gasteiger partial charge in [-0.1, -0.05) is 30.7 Å². The van der Waals surface area contributed by atoms with Gasteiger partial charge >= 0.3 is 5.69 Å². The molecule has 0 saturated carbocycles. The Morgan fingerprint density at radius 1 is 1.19 bits per heavy atom. The highest BCUT2D eigenvalue weighted by Gasteiger charge is 2.11. The normalized spacial score (nSPS) is 10.9. The van der Waals surface area contributed by atoms with Crippen LogP contribution >= 0.6 is 22.6 Å². The van der Waals surface area contributed by atoms with Gasteiger partial charge in [0.05, 0.1) is 10.1 Å². The highest BCUT2D eigenvalue weighted by molar-refractivity contribution is 14.1. The summed E-state index contributed by atoms with van der Waals surface area (Å²) in [7, 11) is 0. The van der Waals surface area contributed by atoms with Crippen LogP contribution < -0.4 is 11.2 Å². The predicted molar refractivity (Wildman–Crippen MR) is 93.0 cm³/mol. The topological polar surface area (TPSA) is 44.0 Å². The van der Waals surface area contributed by atoms with E-state index in [1.807, 2.05) is 61.6 Å². The fourth-order valence-corrected chi connectivity index (χ4v) is 2.93. The summed E-state index contributed by atoms with van der Waals surface area (Å²) in [5, 5.41) is 0. The average Bonchev–Trinajstić information content (AvgIpc) is 2.44. The van der Waals surface area contributed by atoms with E-state index >= 15 is 0 Å². The Kier molecular flexibility index (Phi) is 5.03. The molecule has 0 N–H and O–H groups in total. The van der Waals surface area contributed by atoms with Gasteiger partial charge in [-0.3, -0.25) is 13.9 Å². The van der Waals surface area contributed by atoms with E-state index in [1.54, 1.807) is 10.8 Å². The lowest BCUT2D eigenvalue weighted by Crippen LogP contribution is -2.41. The van der Waals surface area contributed by atoms with Crippen LogP contribution in [0.15, 0.2) is 34.0 Å². The van der Waals surface area contributed by atoms with Gasteiger partial charge in [-0.2, -0.15) is 0 Å². The van der Waals surface area contributed by atoms with Crippen LogP contribution in [0.25, 0.3) is 0 Å². The van der Waals surface area contributed by atoms with Gasteiger partial charge < -0.3 is 0 Å². The van der Waals surface area contributed by atoms with E-state index in [1.165, 1.54) is 4.57 Å². The number of benzene rings is 1. The van der Waals surface area contributed by atoms with E-state index in [-0.39, 0.29) is 11.2 Å². The molecule has 0 unspecified atom stereocenters. The van der Waals surface area contributed by atoms with Crippen molar-refractivity contribution >= 4 is 22.6 Å². The molecule has 0 aliphatic rings. The van der Waals surface area contributed by atoms with Crippen molar-refractivity contribution in [1.29, 1.82) is 0 Å². The summed E-state index contributed by atoms with van der Waals surface area (Å²) in [6, 6.07) is 6.09. The first-order chi connectivity index (χ1) is 9.93. The number of aryl methyl sites for hydroxylation is 3. The zero-order valence-electron chi connectivity index (χ0n) is 12.5. The van der Waals surface area contributed by atoms with Crippen molar-refractivity contribution < 1.29 is 0 Å². The van der Waals surface area contributed by atoms with Crippen LogP contribution in [0.4, 0.5) is 0 Å². The zero-order chi connectivity index (χ0) is 15.6. The summed E-state index contributed by atoms with van der Waals surface area (Å²) in [5.74, 6) is 0. The van der Waals surface area contributed by atoms with Crippen LogP contribution in [0.3, 0.4) is 0 Å². The molecule has 0 aliphatic carbocycles. The molecule has 2 rings (SSSR count). The molecule has 21 heavy (non-hydrogen) atoms. The Hall–Kier alpha value is -1.37. The molecule has 1 heterocycles. The first-order valence-electron chi connectivity index (χ1n) is 7.00. The van der Waals surface area contributed by atoms with Crippen LogP contribution in [0.2, 0.25) is 0 Å². The highest BCUT2D eigenvalue weighted by Crippen LogP contribution is 2.11. The number of aromatic nitrogens is 2. The van der Waals surface area contributed by atoms with Crippen LogP contribution in [0.1, 0.15) is 30.0 Å². The van der Waals surface area contributed by atoms with E-state index in [2.05, 4.69) is 0 Å². The minimum absolute atomic E-state index is 0.214. The van der Waals surface area contributed by atoms with E-state index in [4.69, 9.17) is 0 Å². The third-order valence-electron chi connectivity index (χ3n) is 3.49. The van der Waals surface area contributed by atoms with Crippen LogP contribution in [-0.4, -0.2) is 9.13 Å². The average molecular weight is 398 g/mol. The number of nitrogens with zero attached hydrogens (tertiary/aromatic N) is 2. The van der Waals surface area contributed by atoms with Crippen LogP contribution in [0.5, 0.6) is 0 Å². The molecule has 0 amide bonds. The maximum Gasteiger partial charge on any atom is 0.331 e. The summed E-state index contributed by atoms with van der Waals surface area (Å²) in [6.07, 6.45) is 2.51. The second kappa shape index (κ2) is 6.60. The summed E-state index contributed by atoms with van der Waals surface area (Å²) < 4.78 is 3.53. The Balaban J connectivity index is 2.56. The fourth-order valence-electron chi connectivity index (χ4n) is 2.30. The third-order valence-corrected chi connectivity index (χ3v) is 4.23. The summed E-state index contributed by atoms with van der Waals surface area (Å²) in [6.45, 7) is 6.97. The number of hydrogen-bond donors (Lipinski definition) is 0. The number of rotatable bonds is 4. The molecule has 0 saturated heterocycles. The van der Waals surface area contributed by atoms with Gasteiger partial charge in [0.15, 0.2) is 0 Å². The third kappa shape index (κ3) is 3.45. The quantitative estimate of drug-likeness (QED) is 0.744. The van der Waals surface area contributed by atoms with Crippen LogP contribution in [-0.2, 0) is 13.1 Å². The summed E-state index contributed by atoms with van der Waals surface area (Å²) in [5.41, 5.74) is 2.78. The van der Waals surface area contributed by atoms with Gasteiger partial charge in [-0.15, -0.1) is 0 Å². The molecule has 0 radical (unpaired) electrons. The molecule has 0 fully saturated rings. The van der Waals surface area contributed by atoms with Gasteiger partial charge in [0.25, 0.3) is 5.56 Å². The zero-order valence-corrected chi connectivity index (χ0v) is 14.7. The molecule has 0 aliphatic heterocycles. The molecule has 0 bridgehead atoms. The van der Waals surface area contributed by atoms with Crippen molar-refractivity contribution in [3.05, 3.63) is 65.5 Å². The van der Waals surface area contributed by atoms with E-state index in [0.717, 1.165) is 23.1 Å². The maximum atomic E-state index is 12.5. The molecule has 4 nitrogen and oxygen atoms in total. The number of halogens is 1. The van der Waals surface area contributed by atoms with Gasteiger partial charge in [0.2, 0.25) is 0 Å². The van der Waals surface area contributed by atoms with Crippen LogP contribution in [0, 0.1) is 17.4 Å². The van der Waals surface area contributed by atoms with Crippen molar-refractivity contribution in [2.45, 2.75) is 40.3 Å². The largest absolute Gasteiger partial charge is 0.331 e. The second-order valence-corrected chi connectivity index (χ2v) is 6.44. The summed E-state index contributed by atoms with van der Waals surface area (Å²) in [4.78, 5) is 24.7. The van der Waals surface area contributed by atoms with E-state index in [0.29, 0.717) is 16.7 Å². The first-order valence-corrected chi connectivity index (χ1v) is 8.07. The number of hydrogen-bond acceptors (Lipinski definition) is 2. The van der Waals surface area contributed by atoms with Crippen molar-refractivity contribution in [2.75, 3.05) is 0 Å².